The van der Waals surface area contributed by atoms with Gasteiger partial charge in [-0.3, -0.25) is 0 Å². The first-order chi connectivity index (χ1) is 11.3. The van der Waals surface area contributed by atoms with Gasteiger partial charge in [-0.1, -0.05) is 0 Å². The van der Waals surface area contributed by atoms with E-state index in [0.29, 0.717) is 0 Å². The van der Waals surface area contributed by atoms with Crippen LogP contribution >= 0.6 is 0 Å². The Morgan fingerprint density at radius 1 is 0.783 bits per heavy atom. The van der Waals surface area contributed by atoms with Gasteiger partial charge >= 0.3 is 144 Å². The fraction of sp³-hybridized carbons (Fsp3) is 0.0476. The molecule has 0 aliphatic carbocycles. The summed E-state index contributed by atoms with van der Waals surface area (Å²) in [5, 5.41) is 0. The van der Waals surface area contributed by atoms with Crippen molar-refractivity contribution in [2.75, 3.05) is 7.11 Å². The third-order valence-electron chi connectivity index (χ3n) is 3.44. The van der Waals surface area contributed by atoms with Crippen LogP contribution in [0, 0.1) is 0 Å². The van der Waals surface area contributed by atoms with Crippen molar-refractivity contribution in [3.05, 3.63) is 96.1 Å². The zero-order valence-electron chi connectivity index (χ0n) is 13.0. The van der Waals surface area contributed by atoms with Gasteiger partial charge in [0.1, 0.15) is 0 Å². The normalized spacial score (nSPS) is 11.3. The van der Waals surface area contributed by atoms with Crippen molar-refractivity contribution in [1.29, 1.82) is 0 Å². The molecule has 3 aromatic carbocycles. The molecule has 3 aromatic rings. The molecule has 0 saturated carbocycles. The van der Waals surface area contributed by atoms with E-state index in [-0.39, 0.29) is 15.0 Å². The van der Waals surface area contributed by atoms with Crippen LogP contribution in [-0.4, -0.2) is 22.1 Å². The minimum absolute atomic E-state index is 0.266. The third-order valence-corrected chi connectivity index (χ3v) is 5.71. The topological polar surface area (TPSA) is 9.23 Å². The number of ether oxygens (including phenoxy) is 1. The number of rotatable bonds is 5. The molecule has 2 heteroatoms. The predicted octanol–water partition coefficient (Wildman–Crippen LogP) is 4.22. The first kappa shape index (κ1) is 15.6. The molecule has 0 fully saturated rings. The Hall–Kier alpha value is -2.28. The van der Waals surface area contributed by atoms with Crippen molar-refractivity contribution < 1.29 is 4.74 Å². The van der Waals surface area contributed by atoms with Gasteiger partial charge in [-0.05, 0) is 0 Å². The molecular formula is C21H18OSe. The molecule has 0 radical (unpaired) electrons. The van der Waals surface area contributed by atoms with Crippen LogP contribution in [0.4, 0.5) is 0 Å². The monoisotopic (exact) mass is 366 g/mol. The van der Waals surface area contributed by atoms with Crippen molar-refractivity contribution in [2.45, 2.75) is 0 Å². The van der Waals surface area contributed by atoms with Crippen molar-refractivity contribution in [1.82, 2.24) is 0 Å². The van der Waals surface area contributed by atoms with E-state index in [0.717, 1.165) is 5.75 Å². The second-order valence-electron chi connectivity index (χ2n) is 5.06. The summed E-state index contributed by atoms with van der Waals surface area (Å²) in [6, 6.07) is 29.5. The Morgan fingerprint density at radius 3 is 2.00 bits per heavy atom. The molecule has 0 amide bonds. The molecule has 0 aliphatic heterocycles. The molecule has 3 rings (SSSR count). The Bertz CT molecular complexity index is 762. The van der Waals surface area contributed by atoms with Gasteiger partial charge in [0.05, 0.1) is 0 Å². The Morgan fingerprint density at radius 2 is 1.39 bits per heavy atom. The second-order valence-corrected chi connectivity index (χ2v) is 7.40. The van der Waals surface area contributed by atoms with Gasteiger partial charge in [0, 0.05) is 0 Å². The summed E-state index contributed by atoms with van der Waals surface area (Å²) in [6.07, 6.45) is 2.28. The SMILES string of the molecule is COc1ccc(/C=C(/[Se]c2ccccc2)c2ccccc2)cc1. The fourth-order valence-corrected chi connectivity index (χ4v) is 4.33. The number of hydrogen-bond acceptors (Lipinski definition) is 1. The summed E-state index contributed by atoms with van der Waals surface area (Å²) in [7, 11) is 1.69. The molecule has 0 bridgehead atoms. The summed E-state index contributed by atoms with van der Waals surface area (Å²) >= 11 is 0.266. The molecule has 0 unspecified atom stereocenters. The van der Waals surface area contributed by atoms with E-state index >= 15 is 0 Å². The van der Waals surface area contributed by atoms with Gasteiger partial charge in [0.25, 0.3) is 0 Å². The predicted molar refractivity (Wildman–Crippen MR) is 99.1 cm³/mol. The number of methoxy groups -OCH3 is 1. The standard InChI is InChI=1S/C21H18OSe/c1-22-19-14-12-17(13-15-19)16-21(18-8-4-2-5-9-18)23-20-10-6-3-7-11-20/h2-16H,1H3/b21-16+. The zero-order valence-corrected chi connectivity index (χ0v) is 14.7. The van der Waals surface area contributed by atoms with Gasteiger partial charge in [-0.25, -0.2) is 0 Å². The average molecular weight is 365 g/mol. The maximum absolute atomic E-state index is 5.24. The van der Waals surface area contributed by atoms with Crippen LogP contribution in [0.5, 0.6) is 5.75 Å². The Labute approximate surface area is 143 Å². The summed E-state index contributed by atoms with van der Waals surface area (Å²) in [5.74, 6) is 0.886. The summed E-state index contributed by atoms with van der Waals surface area (Å²) in [4.78, 5) is 0. The molecule has 0 N–H and O–H groups in total. The van der Waals surface area contributed by atoms with E-state index in [4.69, 9.17) is 4.74 Å². The number of benzene rings is 3. The van der Waals surface area contributed by atoms with Crippen LogP contribution < -0.4 is 9.20 Å². The van der Waals surface area contributed by atoms with E-state index in [2.05, 4.69) is 78.9 Å². The fourth-order valence-electron chi connectivity index (χ4n) is 2.24. The van der Waals surface area contributed by atoms with E-state index in [1.807, 2.05) is 12.1 Å². The molecule has 0 saturated heterocycles. The first-order valence-corrected chi connectivity index (χ1v) is 9.20. The molecular weight excluding hydrogens is 347 g/mol. The van der Waals surface area contributed by atoms with Gasteiger partial charge in [0.2, 0.25) is 0 Å². The van der Waals surface area contributed by atoms with Gasteiger partial charge < -0.3 is 0 Å². The van der Waals surface area contributed by atoms with Crippen molar-refractivity contribution in [2.24, 2.45) is 0 Å². The van der Waals surface area contributed by atoms with Crippen LogP contribution in [0.3, 0.4) is 0 Å². The zero-order chi connectivity index (χ0) is 15.9. The summed E-state index contributed by atoms with van der Waals surface area (Å²) < 4.78 is 7.99. The maximum atomic E-state index is 5.24. The minimum atomic E-state index is 0.266. The second kappa shape index (κ2) is 7.82. The van der Waals surface area contributed by atoms with Gasteiger partial charge in [-0.15, -0.1) is 0 Å². The van der Waals surface area contributed by atoms with E-state index in [9.17, 15) is 0 Å². The van der Waals surface area contributed by atoms with Gasteiger partial charge in [-0.2, -0.15) is 0 Å². The van der Waals surface area contributed by atoms with Crippen LogP contribution in [-0.2, 0) is 0 Å². The molecule has 0 aromatic heterocycles. The van der Waals surface area contributed by atoms with Crippen LogP contribution in [0.15, 0.2) is 84.9 Å². The van der Waals surface area contributed by atoms with E-state index in [1.165, 1.54) is 20.1 Å². The Kier molecular flexibility index (Phi) is 5.31. The van der Waals surface area contributed by atoms with Gasteiger partial charge in [0.15, 0.2) is 0 Å². The van der Waals surface area contributed by atoms with Crippen molar-refractivity contribution in [3.8, 4) is 5.75 Å². The van der Waals surface area contributed by atoms with Crippen LogP contribution in [0.1, 0.15) is 11.1 Å². The summed E-state index contributed by atoms with van der Waals surface area (Å²) in [6.45, 7) is 0. The van der Waals surface area contributed by atoms with E-state index in [1.54, 1.807) is 7.11 Å². The quantitative estimate of drug-likeness (QED) is 0.486. The van der Waals surface area contributed by atoms with Crippen LogP contribution in [0.25, 0.3) is 10.5 Å². The molecule has 114 valence electrons. The number of hydrogen-bond donors (Lipinski definition) is 0. The molecule has 0 spiro atoms. The molecule has 23 heavy (non-hydrogen) atoms. The molecule has 1 nitrogen and oxygen atoms in total. The van der Waals surface area contributed by atoms with E-state index < -0.39 is 0 Å². The van der Waals surface area contributed by atoms with Crippen molar-refractivity contribution in [3.63, 3.8) is 0 Å². The molecule has 0 atom stereocenters. The van der Waals surface area contributed by atoms with Crippen molar-refractivity contribution >= 4 is 30.0 Å². The Balaban J connectivity index is 1.95. The first-order valence-electron chi connectivity index (χ1n) is 7.49. The average Bonchev–Trinajstić information content (AvgIpc) is 2.63. The third kappa shape index (κ3) is 4.35. The summed E-state index contributed by atoms with van der Waals surface area (Å²) in [5.41, 5.74) is 2.48. The molecule has 0 heterocycles. The van der Waals surface area contributed by atoms with Crippen LogP contribution in [0.2, 0.25) is 0 Å². The molecule has 0 aliphatic rings.